The highest BCUT2D eigenvalue weighted by Gasteiger charge is 2.04. The Morgan fingerprint density at radius 2 is 2.29 bits per heavy atom. The van der Waals surface area contributed by atoms with E-state index in [1.54, 1.807) is 17.8 Å². The number of hydrogen-bond acceptors (Lipinski definition) is 4. The number of hydrogen-bond donors (Lipinski definition) is 2. The molecule has 0 unspecified atom stereocenters. The average Bonchev–Trinajstić information content (AvgIpc) is 2.16. The predicted octanol–water partition coefficient (Wildman–Crippen LogP) is 1.68. The average molecular weight is 211 g/mol. The second-order valence-corrected chi connectivity index (χ2v) is 4.61. The van der Waals surface area contributed by atoms with Crippen LogP contribution in [-0.2, 0) is 0 Å². The van der Waals surface area contributed by atoms with E-state index >= 15 is 0 Å². The molecule has 0 aliphatic carbocycles. The molecule has 1 aromatic rings. The third-order valence-corrected chi connectivity index (χ3v) is 2.39. The minimum atomic E-state index is 0.0382. The van der Waals surface area contributed by atoms with E-state index in [1.807, 2.05) is 12.1 Å². The zero-order chi connectivity index (χ0) is 10.6. The van der Waals surface area contributed by atoms with Gasteiger partial charge in [0, 0.05) is 5.25 Å². The van der Waals surface area contributed by atoms with E-state index in [9.17, 15) is 0 Å². The van der Waals surface area contributed by atoms with E-state index in [0.29, 0.717) is 10.9 Å². The first-order chi connectivity index (χ1) is 6.63. The summed E-state index contributed by atoms with van der Waals surface area (Å²) < 4.78 is 0. The van der Waals surface area contributed by atoms with Gasteiger partial charge in [-0.15, -0.1) is 11.8 Å². The maximum Gasteiger partial charge on any atom is 0.188 e. The maximum absolute atomic E-state index is 8.48. The number of amidine groups is 1. The van der Waals surface area contributed by atoms with Crippen LogP contribution in [0.5, 0.6) is 0 Å². The van der Waals surface area contributed by atoms with Gasteiger partial charge in [-0.05, 0) is 12.1 Å². The Balaban J connectivity index is 2.90. The molecule has 14 heavy (non-hydrogen) atoms. The van der Waals surface area contributed by atoms with E-state index in [-0.39, 0.29) is 5.84 Å². The van der Waals surface area contributed by atoms with Crippen LogP contribution in [0.3, 0.4) is 0 Å². The Morgan fingerprint density at radius 3 is 2.86 bits per heavy atom. The fraction of sp³-hybridized carbons (Fsp3) is 0.333. The van der Waals surface area contributed by atoms with Crippen LogP contribution in [-0.4, -0.2) is 21.3 Å². The second-order valence-electron chi connectivity index (χ2n) is 3.01. The predicted molar refractivity (Wildman–Crippen MR) is 57.7 cm³/mol. The quantitative estimate of drug-likeness (QED) is 0.262. The highest BCUT2D eigenvalue weighted by molar-refractivity contribution is 7.99. The number of nitrogens with zero attached hydrogens (tertiary/aromatic N) is 2. The first-order valence-corrected chi connectivity index (χ1v) is 5.13. The monoisotopic (exact) mass is 211 g/mol. The molecular formula is C9H13N3OS. The molecule has 3 N–H and O–H groups in total. The van der Waals surface area contributed by atoms with Crippen molar-refractivity contribution in [3.8, 4) is 0 Å². The van der Waals surface area contributed by atoms with Crippen molar-refractivity contribution in [2.24, 2.45) is 10.9 Å². The molecule has 0 saturated carbocycles. The molecule has 0 fully saturated rings. The summed E-state index contributed by atoms with van der Waals surface area (Å²) in [5.74, 6) is 0.0382. The smallest absolute Gasteiger partial charge is 0.188 e. The van der Waals surface area contributed by atoms with Crippen molar-refractivity contribution in [1.29, 1.82) is 0 Å². The lowest BCUT2D eigenvalue weighted by Crippen LogP contribution is -2.15. The zero-order valence-corrected chi connectivity index (χ0v) is 8.95. The van der Waals surface area contributed by atoms with Gasteiger partial charge in [-0.2, -0.15) is 0 Å². The number of aromatic nitrogens is 1. The zero-order valence-electron chi connectivity index (χ0n) is 8.14. The minimum absolute atomic E-state index is 0.0382. The number of oxime groups is 1. The van der Waals surface area contributed by atoms with Crippen molar-refractivity contribution >= 4 is 17.6 Å². The van der Waals surface area contributed by atoms with Gasteiger partial charge in [-0.1, -0.05) is 25.1 Å². The summed E-state index contributed by atoms with van der Waals surface area (Å²) in [5.41, 5.74) is 5.92. The van der Waals surface area contributed by atoms with Gasteiger partial charge in [0.15, 0.2) is 5.84 Å². The van der Waals surface area contributed by atoms with Crippen LogP contribution in [0.1, 0.15) is 19.5 Å². The summed E-state index contributed by atoms with van der Waals surface area (Å²) in [6.45, 7) is 4.17. The number of thioether (sulfide) groups is 1. The molecule has 0 atom stereocenters. The van der Waals surface area contributed by atoms with Crippen LogP contribution < -0.4 is 5.73 Å². The fourth-order valence-corrected chi connectivity index (χ4v) is 1.71. The van der Waals surface area contributed by atoms with Crippen LogP contribution in [0, 0.1) is 0 Å². The van der Waals surface area contributed by atoms with E-state index in [2.05, 4.69) is 24.0 Å². The molecule has 5 heteroatoms. The largest absolute Gasteiger partial charge is 0.409 e. The van der Waals surface area contributed by atoms with Crippen molar-refractivity contribution in [3.05, 3.63) is 23.9 Å². The van der Waals surface area contributed by atoms with Gasteiger partial charge in [0.1, 0.15) is 5.69 Å². The second kappa shape index (κ2) is 4.85. The standard InChI is InChI=1S/C9H13N3OS/c1-6(2)14-8-5-3-4-7(11-8)9(10)12-13/h3-6,13H,1-2H3,(H2,10,12). The molecule has 0 saturated heterocycles. The minimum Gasteiger partial charge on any atom is -0.409 e. The molecule has 0 spiro atoms. The summed E-state index contributed by atoms with van der Waals surface area (Å²) >= 11 is 1.64. The Kier molecular flexibility index (Phi) is 3.76. The molecule has 76 valence electrons. The van der Waals surface area contributed by atoms with Crippen LogP contribution in [0.4, 0.5) is 0 Å². The number of nitrogens with two attached hydrogens (primary N) is 1. The third-order valence-electron chi connectivity index (χ3n) is 1.45. The van der Waals surface area contributed by atoms with Gasteiger partial charge in [0.2, 0.25) is 0 Å². The van der Waals surface area contributed by atoms with Crippen molar-refractivity contribution in [2.75, 3.05) is 0 Å². The van der Waals surface area contributed by atoms with E-state index in [0.717, 1.165) is 5.03 Å². The Morgan fingerprint density at radius 1 is 1.57 bits per heavy atom. The van der Waals surface area contributed by atoms with Gasteiger partial charge in [0.25, 0.3) is 0 Å². The van der Waals surface area contributed by atoms with Gasteiger partial charge in [0.05, 0.1) is 5.03 Å². The van der Waals surface area contributed by atoms with Crippen molar-refractivity contribution < 1.29 is 5.21 Å². The third kappa shape index (κ3) is 2.92. The highest BCUT2D eigenvalue weighted by atomic mass is 32.2. The molecule has 0 amide bonds. The molecule has 1 aromatic heterocycles. The lowest BCUT2D eigenvalue weighted by molar-refractivity contribution is 0.318. The van der Waals surface area contributed by atoms with Crippen LogP contribution >= 0.6 is 11.8 Å². The molecule has 0 aliphatic rings. The van der Waals surface area contributed by atoms with E-state index in [4.69, 9.17) is 10.9 Å². The summed E-state index contributed by atoms with van der Waals surface area (Å²) in [6, 6.07) is 5.45. The first-order valence-electron chi connectivity index (χ1n) is 4.25. The molecule has 1 rings (SSSR count). The van der Waals surface area contributed by atoms with E-state index < -0.39 is 0 Å². The summed E-state index contributed by atoms with van der Waals surface area (Å²) in [7, 11) is 0. The van der Waals surface area contributed by atoms with Crippen molar-refractivity contribution in [2.45, 2.75) is 24.1 Å². The molecular weight excluding hydrogens is 198 g/mol. The topological polar surface area (TPSA) is 71.5 Å². The van der Waals surface area contributed by atoms with Gasteiger partial charge >= 0.3 is 0 Å². The fourth-order valence-electron chi connectivity index (χ4n) is 0.916. The van der Waals surface area contributed by atoms with Crippen LogP contribution in [0.2, 0.25) is 0 Å². The number of rotatable bonds is 3. The van der Waals surface area contributed by atoms with Crippen molar-refractivity contribution in [3.63, 3.8) is 0 Å². The highest BCUT2D eigenvalue weighted by Crippen LogP contribution is 2.20. The Bertz CT molecular complexity index is 339. The summed E-state index contributed by atoms with van der Waals surface area (Å²) in [6.07, 6.45) is 0. The Labute approximate surface area is 87.2 Å². The molecule has 0 aliphatic heterocycles. The SMILES string of the molecule is CC(C)Sc1cccc(C(N)=NO)n1. The Hall–Kier alpha value is -1.23. The normalized spacial score (nSPS) is 12.1. The van der Waals surface area contributed by atoms with E-state index in [1.165, 1.54) is 0 Å². The molecule has 0 radical (unpaired) electrons. The molecule has 1 heterocycles. The number of pyridine rings is 1. The molecule has 0 bridgehead atoms. The molecule has 4 nitrogen and oxygen atoms in total. The van der Waals surface area contributed by atoms with Crippen LogP contribution in [0.25, 0.3) is 0 Å². The lowest BCUT2D eigenvalue weighted by atomic mass is 10.3. The van der Waals surface area contributed by atoms with Crippen molar-refractivity contribution in [1.82, 2.24) is 4.98 Å². The van der Waals surface area contributed by atoms with Gasteiger partial charge < -0.3 is 10.9 Å². The lowest BCUT2D eigenvalue weighted by Gasteiger charge is -2.04. The van der Waals surface area contributed by atoms with Gasteiger partial charge in [-0.25, -0.2) is 4.98 Å². The van der Waals surface area contributed by atoms with Crippen LogP contribution in [0.15, 0.2) is 28.4 Å². The molecule has 0 aromatic carbocycles. The maximum atomic E-state index is 8.48. The van der Waals surface area contributed by atoms with Gasteiger partial charge in [-0.3, -0.25) is 0 Å². The summed E-state index contributed by atoms with van der Waals surface area (Å²) in [5, 5.41) is 12.7. The summed E-state index contributed by atoms with van der Waals surface area (Å²) in [4.78, 5) is 4.23. The first kappa shape index (κ1) is 10.8.